The number of nitrogens with one attached hydrogen (secondary N) is 1. The Bertz CT molecular complexity index is 1440. The lowest BCUT2D eigenvalue weighted by Gasteiger charge is -2.17. The van der Waals surface area contributed by atoms with Crippen molar-refractivity contribution in [2.45, 2.75) is 20.3 Å². The molecule has 1 N–H and O–H groups in total. The van der Waals surface area contributed by atoms with Gasteiger partial charge in [-0.15, -0.1) is 0 Å². The highest BCUT2D eigenvalue weighted by molar-refractivity contribution is 6.08. The number of alkyl halides is 2. The standard InChI is InChI=1S/C28H29F2N5O4/c1-4-34(5-2)14-15-39-28(37)19-6-10-20(11-7-19)32-27(36)22-17-31-35-24(25(29)30)16-23(33-26(22)35)18-8-12-21(38-3)13-9-18/h6-13,16-17,25H,4-5,14-15H2,1-3H3,(H,32,36). The van der Waals surface area contributed by atoms with Gasteiger partial charge in [0, 0.05) is 17.8 Å². The molecule has 0 saturated heterocycles. The molecular formula is C28H29F2N5O4. The summed E-state index contributed by atoms with van der Waals surface area (Å²) in [6.45, 7) is 6.75. The third-order valence-electron chi connectivity index (χ3n) is 6.27. The Morgan fingerprint density at radius 2 is 1.74 bits per heavy atom. The molecule has 2 aromatic carbocycles. The number of benzene rings is 2. The second-order valence-corrected chi connectivity index (χ2v) is 8.58. The van der Waals surface area contributed by atoms with Crippen molar-refractivity contribution in [2.75, 3.05) is 38.7 Å². The summed E-state index contributed by atoms with van der Waals surface area (Å²) in [6, 6.07) is 14.2. The van der Waals surface area contributed by atoms with Crippen molar-refractivity contribution < 1.29 is 27.8 Å². The van der Waals surface area contributed by atoms with E-state index in [9.17, 15) is 18.4 Å². The predicted octanol–water partition coefficient (Wildman–Crippen LogP) is 5.09. The largest absolute Gasteiger partial charge is 0.497 e. The van der Waals surface area contributed by atoms with Gasteiger partial charge in [0.25, 0.3) is 12.3 Å². The zero-order chi connectivity index (χ0) is 27.9. The number of rotatable bonds is 11. The van der Waals surface area contributed by atoms with Crippen molar-refractivity contribution in [1.82, 2.24) is 19.5 Å². The number of esters is 1. The zero-order valence-electron chi connectivity index (χ0n) is 21.9. The van der Waals surface area contributed by atoms with E-state index in [0.717, 1.165) is 17.6 Å². The Kier molecular flexibility index (Phi) is 8.82. The number of anilines is 1. The number of fused-ring (bicyclic) bond motifs is 1. The van der Waals surface area contributed by atoms with Gasteiger partial charge in [0.05, 0.1) is 24.6 Å². The number of halogens is 2. The highest BCUT2D eigenvalue weighted by Gasteiger charge is 2.22. The fourth-order valence-corrected chi connectivity index (χ4v) is 3.99. The number of hydrogen-bond donors (Lipinski definition) is 1. The molecule has 4 rings (SSSR count). The van der Waals surface area contributed by atoms with Crippen molar-refractivity contribution in [2.24, 2.45) is 0 Å². The number of likely N-dealkylation sites (N-methyl/N-ethyl adjacent to an activating group) is 1. The smallest absolute Gasteiger partial charge is 0.338 e. The maximum atomic E-state index is 13.9. The molecular weight excluding hydrogens is 508 g/mol. The minimum Gasteiger partial charge on any atom is -0.497 e. The Labute approximate surface area is 224 Å². The number of carbonyl (C=O) groups excluding carboxylic acids is 2. The molecule has 0 aliphatic heterocycles. The van der Waals surface area contributed by atoms with Crippen molar-refractivity contribution in [3.8, 4) is 17.0 Å². The van der Waals surface area contributed by atoms with Crippen LogP contribution in [0.3, 0.4) is 0 Å². The average molecular weight is 538 g/mol. The Morgan fingerprint density at radius 1 is 1.05 bits per heavy atom. The molecule has 0 fully saturated rings. The quantitative estimate of drug-likeness (QED) is 0.266. The average Bonchev–Trinajstić information content (AvgIpc) is 3.39. The number of ether oxygens (including phenoxy) is 2. The first-order valence-electron chi connectivity index (χ1n) is 12.5. The van der Waals surface area contributed by atoms with Gasteiger partial charge in [-0.3, -0.25) is 4.79 Å². The van der Waals surface area contributed by atoms with Crippen molar-refractivity contribution in [3.05, 3.63) is 77.6 Å². The maximum absolute atomic E-state index is 13.9. The summed E-state index contributed by atoms with van der Waals surface area (Å²) >= 11 is 0. The highest BCUT2D eigenvalue weighted by Crippen LogP contribution is 2.28. The van der Waals surface area contributed by atoms with Gasteiger partial charge in [-0.1, -0.05) is 13.8 Å². The van der Waals surface area contributed by atoms with Gasteiger partial charge >= 0.3 is 5.97 Å². The minimum atomic E-state index is -2.84. The number of methoxy groups -OCH3 is 1. The van der Waals surface area contributed by atoms with Crippen LogP contribution in [0.1, 0.15) is 46.7 Å². The Morgan fingerprint density at radius 3 is 2.36 bits per heavy atom. The molecule has 1 amide bonds. The van der Waals surface area contributed by atoms with E-state index in [-0.39, 0.29) is 23.5 Å². The lowest BCUT2D eigenvalue weighted by atomic mass is 10.1. The van der Waals surface area contributed by atoms with Crippen LogP contribution >= 0.6 is 0 Å². The molecule has 0 radical (unpaired) electrons. The molecule has 0 saturated carbocycles. The second-order valence-electron chi connectivity index (χ2n) is 8.58. The minimum absolute atomic E-state index is 0.00971. The molecule has 39 heavy (non-hydrogen) atoms. The molecule has 11 heteroatoms. The van der Waals surface area contributed by atoms with Gasteiger partial charge in [-0.05, 0) is 67.7 Å². The fraction of sp³-hybridized carbons (Fsp3) is 0.286. The van der Waals surface area contributed by atoms with E-state index in [2.05, 4.69) is 20.3 Å². The first-order valence-corrected chi connectivity index (χ1v) is 12.5. The first-order chi connectivity index (χ1) is 18.8. The fourth-order valence-electron chi connectivity index (χ4n) is 3.99. The topological polar surface area (TPSA) is 98.1 Å². The van der Waals surface area contributed by atoms with Crippen LogP contribution in [-0.2, 0) is 4.74 Å². The maximum Gasteiger partial charge on any atom is 0.338 e. The van der Waals surface area contributed by atoms with Crippen LogP contribution in [0.4, 0.5) is 14.5 Å². The van der Waals surface area contributed by atoms with Gasteiger partial charge in [-0.25, -0.2) is 23.1 Å². The lowest BCUT2D eigenvalue weighted by Crippen LogP contribution is -2.27. The van der Waals surface area contributed by atoms with Gasteiger partial charge in [0.15, 0.2) is 5.65 Å². The van der Waals surface area contributed by atoms with E-state index in [1.165, 1.54) is 19.4 Å². The number of aromatic nitrogens is 3. The van der Waals surface area contributed by atoms with Crippen LogP contribution < -0.4 is 10.1 Å². The van der Waals surface area contributed by atoms with E-state index in [0.29, 0.717) is 29.1 Å². The van der Waals surface area contributed by atoms with E-state index < -0.39 is 24.0 Å². The molecule has 9 nitrogen and oxygen atoms in total. The van der Waals surface area contributed by atoms with Crippen molar-refractivity contribution in [3.63, 3.8) is 0 Å². The summed E-state index contributed by atoms with van der Waals surface area (Å²) in [7, 11) is 1.53. The number of nitrogens with zero attached hydrogens (tertiary/aromatic N) is 4. The Balaban J connectivity index is 1.52. The molecule has 204 valence electrons. The highest BCUT2D eigenvalue weighted by atomic mass is 19.3. The van der Waals surface area contributed by atoms with E-state index in [4.69, 9.17) is 9.47 Å². The summed E-state index contributed by atoms with van der Waals surface area (Å²) in [6.07, 6.45) is -1.65. The van der Waals surface area contributed by atoms with Crippen molar-refractivity contribution in [1.29, 1.82) is 0 Å². The second kappa shape index (κ2) is 12.4. The Hall–Kier alpha value is -4.38. The molecule has 0 aliphatic rings. The molecule has 2 aromatic heterocycles. The molecule has 0 spiro atoms. The normalized spacial score (nSPS) is 11.3. The monoisotopic (exact) mass is 537 g/mol. The van der Waals surface area contributed by atoms with Gasteiger partial charge in [0.2, 0.25) is 0 Å². The SMILES string of the molecule is CCN(CC)CCOC(=O)c1ccc(NC(=O)c2cnn3c(C(F)F)cc(-c4ccc(OC)cc4)nc23)cc1. The summed E-state index contributed by atoms with van der Waals surface area (Å²) in [5.74, 6) is -0.436. The number of hydrogen-bond acceptors (Lipinski definition) is 7. The summed E-state index contributed by atoms with van der Waals surface area (Å²) in [5, 5.41) is 6.69. The van der Waals surface area contributed by atoms with E-state index >= 15 is 0 Å². The predicted molar refractivity (Wildman–Crippen MR) is 142 cm³/mol. The van der Waals surface area contributed by atoms with Gasteiger partial charge < -0.3 is 19.7 Å². The summed E-state index contributed by atoms with van der Waals surface area (Å²) < 4.78 is 39.2. The van der Waals surface area contributed by atoms with E-state index in [1.54, 1.807) is 48.5 Å². The molecule has 0 unspecified atom stereocenters. The molecule has 0 aliphatic carbocycles. The molecule has 0 atom stereocenters. The van der Waals surface area contributed by atoms with Crippen LogP contribution in [0.25, 0.3) is 16.9 Å². The van der Waals surface area contributed by atoms with Crippen LogP contribution in [0.2, 0.25) is 0 Å². The molecule has 2 heterocycles. The van der Waals surface area contributed by atoms with Crippen LogP contribution in [-0.4, -0.2) is 64.7 Å². The van der Waals surface area contributed by atoms with Gasteiger partial charge in [-0.2, -0.15) is 5.10 Å². The molecule has 4 aromatic rings. The molecule has 0 bridgehead atoms. The third kappa shape index (κ3) is 6.37. The van der Waals surface area contributed by atoms with Crippen LogP contribution in [0, 0.1) is 0 Å². The number of carbonyl (C=O) groups is 2. The number of amides is 1. The zero-order valence-corrected chi connectivity index (χ0v) is 21.9. The van der Waals surface area contributed by atoms with Crippen LogP contribution in [0.15, 0.2) is 60.8 Å². The van der Waals surface area contributed by atoms with Crippen LogP contribution in [0.5, 0.6) is 5.75 Å². The summed E-state index contributed by atoms with van der Waals surface area (Å²) in [4.78, 5) is 32.0. The van der Waals surface area contributed by atoms with E-state index in [1.807, 2.05) is 13.8 Å². The lowest BCUT2D eigenvalue weighted by molar-refractivity contribution is 0.0466. The summed E-state index contributed by atoms with van der Waals surface area (Å²) in [5.41, 5.74) is 1.20. The van der Waals surface area contributed by atoms with Crippen molar-refractivity contribution >= 4 is 23.2 Å². The van der Waals surface area contributed by atoms with Gasteiger partial charge in [0.1, 0.15) is 23.6 Å². The first kappa shape index (κ1) is 27.6. The third-order valence-corrected chi connectivity index (χ3v) is 6.27.